The molecule has 0 aromatic heterocycles. The van der Waals surface area contributed by atoms with Crippen molar-refractivity contribution in [3.8, 4) is 0 Å². The Kier molecular flexibility index (Phi) is 3.12. The van der Waals surface area contributed by atoms with Gasteiger partial charge in [-0.15, -0.1) is 0 Å². The molecule has 3 unspecified atom stereocenters. The SMILES string of the molecule is CC1C=NSC1C(=O)NC1CCc2ccccc21. The Labute approximate surface area is 111 Å². The second kappa shape index (κ2) is 4.76. The van der Waals surface area contributed by atoms with Crippen molar-refractivity contribution >= 4 is 24.1 Å². The molecule has 3 rings (SSSR count). The highest BCUT2D eigenvalue weighted by atomic mass is 32.2. The number of amides is 1. The third-order valence-electron chi connectivity index (χ3n) is 3.66. The van der Waals surface area contributed by atoms with Gasteiger partial charge in [-0.1, -0.05) is 31.2 Å². The molecule has 4 heteroatoms. The van der Waals surface area contributed by atoms with E-state index in [1.165, 1.54) is 23.1 Å². The predicted molar refractivity (Wildman–Crippen MR) is 74.7 cm³/mol. The number of nitrogens with zero attached hydrogens (tertiary/aromatic N) is 1. The second-order valence-corrected chi connectivity index (χ2v) is 5.87. The largest absolute Gasteiger partial charge is 0.348 e. The van der Waals surface area contributed by atoms with Crippen LogP contribution in [0.25, 0.3) is 0 Å². The molecule has 0 saturated carbocycles. The molecule has 3 atom stereocenters. The van der Waals surface area contributed by atoms with E-state index in [0.29, 0.717) is 0 Å². The summed E-state index contributed by atoms with van der Waals surface area (Å²) in [6.45, 7) is 2.04. The van der Waals surface area contributed by atoms with Crippen LogP contribution in [0.2, 0.25) is 0 Å². The van der Waals surface area contributed by atoms with Crippen molar-refractivity contribution in [2.24, 2.45) is 10.3 Å². The molecule has 1 N–H and O–H groups in total. The highest BCUT2D eigenvalue weighted by molar-refractivity contribution is 7.99. The second-order valence-electron chi connectivity index (χ2n) is 4.94. The first kappa shape index (κ1) is 11.8. The fourth-order valence-corrected chi connectivity index (χ4v) is 3.44. The van der Waals surface area contributed by atoms with Crippen molar-refractivity contribution in [2.75, 3.05) is 0 Å². The van der Waals surface area contributed by atoms with Gasteiger partial charge in [-0.25, -0.2) is 4.40 Å². The smallest absolute Gasteiger partial charge is 0.236 e. The molecular formula is C14H16N2OS. The normalized spacial score (nSPS) is 29.3. The van der Waals surface area contributed by atoms with Crippen LogP contribution >= 0.6 is 11.9 Å². The zero-order chi connectivity index (χ0) is 12.5. The van der Waals surface area contributed by atoms with Gasteiger partial charge in [0.05, 0.1) is 6.04 Å². The summed E-state index contributed by atoms with van der Waals surface area (Å²) in [6, 6.07) is 8.56. The summed E-state index contributed by atoms with van der Waals surface area (Å²) in [5.74, 6) is 0.346. The van der Waals surface area contributed by atoms with Crippen molar-refractivity contribution in [2.45, 2.75) is 31.1 Å². The van der Waals surface area contributed by atoms with Crippen LogP contribution in [0.15, 0.2) is 28.7 Å². The molecule has 0 radical (unpaired) electrons. The molecule has 0 bridgehead atoms. The minimum Gasteiger partial charge on any atom is -0.348 e. The average molecular weight is 260 g/mol. The molecule has 0 fully saturated rings. The molecule has 1 aliphatic carbocycles. The maximum Gasteiger partial charge on any atom is 0.236 e. The first-order chi connectivity index (χ1) is 8.75. The molecule has 94 valence electrons. The summed E-state index contributed by atoms with van der Waals surface area (Å²) in [5, 5.41) is 3.11. The maximum absolute atomic E-state index is 12.2. The van der Waals surface area contributed by atoms with Gasteiger partial charge in [0.25, 0.3) is 0 Å². The van der Waals surface area contributed by atoms with Gasteiger partial charge in [-0.2, -0.15) is 0 Å². The van der Waals surface area contributed by atoms with Crippen LogP contribution in [0.3, 0.4) is 0 Å². The molecule has 1 aromatic rings. The van der Waals surface area contributed by atoms with Crippen LogP contribution in [-0.2, 0) is 11.2 Å². The topological polar surface area (TPSA) is 41.5 Å². The van der Waals surface area contributed by atoms with E-state index < -0.39 is 0 Å². The van der Waals surface area contributed by atoms with E-state index in [4.69, 9.17) is 0 Å². The number of hydrogen-bond acceptors (Lipinski definition) is 3. The van der Waals surface area contributed by atoms with Crippen molar-refractivity contribution in [3.05, 3.63) is 35.4 Å². The molecule has 0 saturated heterocycles. The summed E-state index contributed by atoms with van der Waals surface area (Å²) in [4.78, 5) is 12.2. The van der Waals surface area contributed by atoms with Gasteiger partial charge >= 0.3 is 0 Å². The predicted octanol–water partition coefficient (Wildman–Crippen LogP) is 2.53. The Balaban J connectivity index is 1.70. The molecule has 1 aromatic carbocycles. The van der Waals surface area contributed by atoms with Crippen LogP contribution in [-0.4, -0.2) is 17.4 Å². The number of hydrogen-bond donors (Lipinski definition) is 1. The van der Waals surface area contributed by atoms with Crippen LogP contribution in [0.4, 0.5) is 0 Å². The van der Waals surface area contributed by atoms with Gasteiger partial charge < -0.3 is 5.32 Å². The Morgan fingerprint density at radius 2 is 2.28 bits per heavy atom. The number of nitrogens with one attached hydrogen (secondary N) is 1. The third kappa shape index (κ3) is 2.05. The zero-order valence-corrected chi connectivity index (χ0v) is 11.1. The summed E-state index contributed by atoms with van der Waals surface area (Å²) >= 11 is 1.38. The Bertz CT molecular complexity index is 500. The fourth-order valence-electron chi connectivity index (χ4n) is 2.62. The lowest BCUT2D eigenvalue weighted by Crippen LogP contribution is -2.37. The number of fused-ring (bicyclic) bond motifs is 1. The van der Waals surface area contributed by atoms with Crippen molar-refractivity contribution < 1.29 is 4.79 Å². The Morgan fingerprint density at radius 3 is 3.06 bits per heavy atom. The van der Waals surface area contributed by atoms with Crippen molar-refractivity contribution in [1.82, 2.24) is 5.32 Å². The van der Waals surface area contributed by atoms with Crippen molar-refractivity contribution in [3.63, 3.8) is 0 Å². The van der Waals surface area contributed by atoms with Gasteiger partial charge in [-0.05, 0) is 35.9 Å². The lowest BCUT2D eigenvalue weighted by atomic mass is 10.1. The minimum atomic E-state index is -0.0576. The van der Waals surface area contributed by atoms with Crippen LogP contribution in [0, 0.1) is 5.92 Å². The van der Waals surface area contributed by atoms with E-state index in [2.05, 4.69) is 27.9 Å². The summed E-state index contributed by atoms with van der Waals surface area (Å²) in [5.41, 5.74) is 2.65. The lowest BCUT2D eigenvalue weighted by molar-refractivity contribution is -0.121. The molecule has 18 heavy (non-hydrogen) atoms. The van der Waals surface area contributed by atoms with Gasteiger partial charge in [0, 0.05) is 12.1 Å². The van der Waals surface area contributed by atoms with Crippen LogP contribution in [0.1, 0.15) is 30.5 Å². The highest BCUT2D eigenvalue weighted by Gasteiger charge is 2.32. The number of carbonyl (C=O) groups is 1. The first-order valence-electron chi connectivity index (χ1n) is 6.33. The molecule has 1 heterocycles. The maximum atomic E-state index is 12.2. The standard InChI is InChI=1S/C14H16N2OS/c1-9-8-15-18-13(9)14(17)16-12-7-6-10-4-2-3-5-11(10)12/h2-5,8-9,12-13H,6-7H2,1H3,(H,16,17). The zero-order valence-electron chi connectivity index (χ0n) is 10.3. The van der Waals surface area contributed by atoms with Crippen LogP contribution in [0.5, 0.6) is 0 Å². The van der Waals surface area contributed by atoms with E-state index >= 15 is 0 Å². The summed E-state index contributed by atoms with van der Waals surface area (Å²) in [7, 11) is 0. The van der Waals surface area contributed by atoms with Gasteiger partial charge in [0.1, 0.15) is 5.25 Å². The number of aryl methyl sites for hydroxylation is 1. The summed E-state index contributed by atoms with van der Waals surface area (Å²) < 4.78 is 4.12. The molecule has 2 aliphatic rings. The molecule has 1 amide bonds. The van der Waals surface area contributed by atoms with E-state index in [1.807, 2.05) is 19.2 Å². The third-order valence-corrected chi connectivity index (χ3v) is 4.77. The van der Waals surface area contributed by atoms with E-state index in [1.54, 1.807) is 0 Å². The molecule has 1 aliphatic heterocycles. The number of carbonyl (C=O) groups excluding carboxylic acids is 1. The minimum absolute atomic E-state index is 0.0576. The van der Waals surface area contributed by atoms with Gasteiger partial charge in [0.2, 0.25) is 5.91 Å². The quantitative estimate of drug-likeness (QED) is 0.830. The van der Waals surface area contributed by atoms with E-state index in [9.17, 15) is 4.79 Å². The van der Waals surface area contributed by atoms with Crippen LogP contribution < -0.4 is 5.32 Å². The average Bonchev–Trinajstić information content (AvgIpc) is 2.97. The molecular weight excluding hydrogens is 244 g/mol. The fraction of sp³-hybridized carbons (Fsp3) is 0.429. The Hall–Kier alpha value is -1.29. The molecule has 0 spiro atoms. The lowest BCUT2D eigenvalue weighted by Gasteiger charge is -2.18. The van der Waals surface area contributed by atoms with Crippen molar-refractivity contribution in [1.29, 1.82) is 0 Å². The first-order valence-corrected chi connectivity index (χ1v) is 7.17. The monoisotopic (exact) mass is 260 g/mol. The number of benzene rings is 1. The number of rotatable bonds is 2. The summed E-state index contributed by atoms with van der Waals surface area (Å²) in [6.07, 6.45) is 3.93. The van der Waals surface area contributed by atoms with E-state index in [-0.39, 0.29) is 23.1 Å². The highest BCUT2D eigenvalue weighted by Crippen LogP contribution is 2.32. The van der Waals surface area contributed by atoms with E-state index in [0.717, 1.165) is 12.8 Å². The molecule has 3 nitrogen and oxygen atoms in total. The van der Waals surface area contributed by atoms with Gasteiger partial charge in [-0.3, -0.25) is 4.79 Å². The Morgan fingerprint density at radius 1 is 1.44 bits per heavy atom. The van der Waals surface area contributed by atoms with Gasteiger partial charge in [0.15, 0.2) is 0 Å².